The average Bonchev–Trinajstić information content (AvgIpc) is 2.36. The summed E-state index contributed by atoms with van der Waals surface area (Å²) in [6, 6.07) is 0. The van der Waals surface area contributed by atoms with E-state index in [1.807, 2.05) is 13.8 Å². The van der Waals surface area contributed by atoms with E-state index >= 15 is 0 Å². The van der Waals surface area contributed by atoms with Gasteiger partial charge in [0.25, 0.3) is 0 Å². The summed E-state index contributed by atoms with van der Waals surface area (Å²) in [5, 5.41) is 12.9. The Kier molecular flexibility index (Phi) is 5.22. The Morgan fingerprint density at radius 1 is 1.38 bits per heavy atom. The SMILES string of the molecule is CCC(O)(CC)CNC(=O)C1CCOCC1. The van der Waals surface area contributed by atoms with Gasteiger partial charge in [0.15, 0.2) is 0 Å². The van der Waals surface area contributed by atoms with Gasteiger partial charge in [0.2, 0.25) is 5.91 Å². The third-order valence-electron chi connectivity index (χ3n) is 3.50. The fraction of sp³-hybridized carbons (Fsp3) is 0.917. The van der Waals surface area contributed by atoms with Crippen molar-refractivity contribution in [3.8, 4) is 0 Å². The van der Waals surface area contributed by atoms with Crippen molar-refractivity contribution >= 4 is 5.91 Å². The van der Waals surface area contributed by atoms with Crippen molar-refractivity contribution in [3.63, 3.8) is 0 Å². The van der Waals surface area contributed by atoms with Crippen LogP contribution in [0.15, 0.2) is 0 Å². The van der Waals surface area contributed by atoms with Crippen LogP contribution in [0.3, 0.4) is 0 Å². The number of carbonyl (C=O) groups is 1. The Bertz CT molecular complexity index is 220. The zero-order chi connectivity index (χ0) is 12.0. The lowest BCUT2D eigenvalue weighted by Gasteiger charge is -2.27. The molecule has 0 aromatic carbocycles. The molecular weight excluding hydrogens is 206 g/mol. The van der Waals surface area contributed by atoms with Crippen molar-refractivity contribution < 1.29 is 14.6 Å². The second-order valence-electron chi connectivity index (χ2n) is 4.54. The van der Waals surface area contributed by atoms with E-state index in [1.54, 1.807) is 0 Å². The Hall–Kier alpha value is -0.610. The lowest BCUT2D eigenvalue weighted by atomic mass is 9.95. The standard InChI is InChI=1S/C12H23NO3/c1-3-12(15,4-2)9-13-11(14)10-5-7-16-8-6-10/h10,15H,3-9H2,1-2H3,(H,13,14). The van der Waals surface area contributed by atoms with Crippen molar-refractivity contribution in [2.75, 3.05) is 19.8 Å². The first-order valence-corrected chi connectivity index (χ1v) is 6.19. The highest BCUT2D eigenvalue weighted by molar-refractivity contribution is 5.78. The highest BCUT2D eigenvalue weighted by Gasteiger charge is 2.26. The molecule has 1 fully saturated rings. The molecule has 1 aliphatic rings. The molecule has 16 heavy (non-hydrogen) atoms. The van der Waals surface area contributed by atoms with Gasteiger partial charge in [-0.3, -0.25) is 4.79 Å². The number of aliphatic hydroxyl groups is 1. The second-order valence-corrected chi connectivity index (χ2v) is 4.54. The molecule has 4 heteroatoms. The number of carbonyl (C=O) groups excluding carboxylic acids is 1. The molecule has 0 aliphatic carbocycles. The monoisotopic (exact) mass is 229 g/mol. The molecule has 1 saturated heterocycles. The maximum absolute atomic E-state index is 11.8. The van der Waals surface area contributed by atoms with Crippen molar-refractivity contribution in [1.29, 1.82) is 0 Å². The highest BCUT2D eigenvalue weighted by atomic mass is 16.5. The number of hydrogen-bond donors (Lipinski definition) is 2. The minimum Gasteiger partial charge on any atom is -0.388 e. The second kappa shape index (κ2) is 6.21. The zero-order valence-corrected chi connectivity index (χ0v) is 10.3. The van der Waals surface area contributed by atoms with Gasteiger partial charge < -0.3 is 15.2 Å². The molecule has 0 atom stereocenters. The molecule has 94 valence electrons. The quantitative estimate of drug-likeness (QED) is 0.741. The Balaban J connectivity index is 2.33. The molecule has 1 amide bonds. The fourth-order valence-electron chi connectivity index (χ4n) is 1.86. The highest BCUT2D eigenvalue weighted by Crippen LogP contribution is 2.16. The molecule has 1 aliphatic heterocycles. The number of rotatable bonds is 5. The van der Waals surface area contributed by atoms with Gasteiger partial charge in [0.05, 0.1) is 5.60 Å². The molecule has 0 unspecified atom stereocenters. The summed E-state index contributed by atoms with van der Waals surface area (Å²) in [7, 11) is 0. The Morgan fingerprint density at radius 2 is 1.94 bits per heavy atom. The van der Waals surface area contributed by atoms with Crippen LogP contribution in [-0.2, 0) is 9.53 Å². The Morgan fingerprint density at radius 3 is 2.44 bits per heavy atom. The third kappa shape index (κ3) is 3.76. The van der Waals surface area contributed by atoms with Gasteiger partial charge in [-0.1, -0.05) is 13.8 Å². The van der Waals surface area contributed by atoms with Crippen LogP contribution in [0.4, 0.5) is 0 Å². The fourth-order valence-corrected chi connectivity index (χ4v) is 1.86. The van der Waals surface area contributed by atoms with Crippen LogP contribution in [-0.4, -0.2) is 36.4 Å². The van der Waals surface area contributed by atoms with E-state index < -0.39 is 5.60 Å². The first kappa shape index (κ1) is 13.5. The van der Waals surface area contributed by atoms with E-state index in [0.717, 1.165) is 12.8 Å². The van der Waals surface area contributed by atoms with E-state index in [-0.39, 0.29) is 11.8 Å². The minimum atomic E-state index is -0.749. The molecule has 1 rings (SSSR count). The van der Waals surface area contributed by atoms with Crippen LogP contribution < -0.4 is 5.32 Å². The van der Waals surface area contributed by atoms with Crippen LogP contribution >= 0.6 is 0 Å². The molecule has 0 spiro atoms. The van der Waals surface area contributed by atoms with Gasteiger partial charge in [-0.05, 0) is 25.7 Å². The van der Waals surface area contributed by atoms with Gasteiger partial charge in [0, 0.05) is 25.7 Å². The summed E-state index contributed by atoms with van der Waals surface area (Å²) in [5.41, 5.74) is -0.749. The van der Waals surface area contributed by atoms with E-state index in [9.17, 15) is 9.90 Å². The number of ether oxygens (including phenoxy) is 1. The van der Waals surface area contributed by atoms with Gasteiger partial charge in [-0.2, -0.15) is 0 Å². The smallest absolute Gasteiger partial charge is 0.223 e. The summed E-state index contributed by atoms with van der Waals surface area (Å²) in [6.45, 7) is 5.57. The van der Waals surface area contributed by atoms with Crippen molar-refractivity contribution in [1.82, 2.24) is 5.32 Å². The summed E-state index contributed by atoms with van der Waals surface area (Å²) in [4.78, 5) is 11.8. The molecule has 0 aromatic rings. The lowest BCUT2D eigenvalue weighted by molar-refractivity contribution is -0.129. The van der Waals surface area contributed by atoms with Gasteiger partial charge >= 0.3 is 0 Å². The maximum atomic E-state index is 11.8. The van der Waals surface area contributed by atoms with Crippen molar-refractivity contribution in [2.24, 2.45) is 5.92 Å². The van der Waals surface area contributed by atoms with E-state index in [4.69, 9.17) is 4.74 Å². The largest absolute Gasteiger partial charge is 0.388 e. The van der Waals surface area contributed by atoms with Crippen LogP contribution in [0, 0.1) is 5.92 Å². The average molecular weight is 229 g/mol. The van der Waals surface area contributed by atoms with Crippen molar-refractivity contribution in [3.05, 3.63) is 0 Å². The summed E-state index contributed by atoms with van der Waals surface area (Å²) >= 11 is 0. The van der Waals surface area contributed by atoms with Crippen LogP contribution in [0.5, 0.6) is 0 Å². The maximum Gasteiger partial charge on any atom is 0.223 e. The van der Waals surface area contributed by atoms with E-state index in [2.05, 4.69) is 5.32 Å². The summed E-state index contributed by atoms with van der Waals surface area (Å²) in [6.07, 6.45) is 2.92. The molecule has 0 bridgehead atoms. The van der Waals surface area contributed by atoms with Crippen LogP contribution in [0.2, 0.25) is 0 Å². The van der Waals surface area contributed by atoms with E-state index in [1.165, 1.54) is 0 Å². The summed E-state index contributed by atoms with van der Waals surface area (Å²) in [5.74, 6) is 0.121. The minimum absolute atomic E-state index is 0.0589. The first-order chi connectivity index (χ1) is 7.61. The Labute approximate surface area is 97.4 Å². The van der Waals surface area contributed by atoms with Crippen molar-refractivity contribution in [2.45, 2.75) is 45.1 Å². The predicted octanol–water partition coefficient (Wildman–Crippen LogP) is 1.08. The van der Waals surface area contributed by atoms with Crippen LogP contribution in [0.25, 0.3) is 0 Å². The van der Waals surface area contributed by atoms with E-state index in [0.29, 0.717) is 32.6 Å². The first-order valence-electron chi connectivity index (χ1n) is 6.19. The van der Waals surface area contributed by atoms with Crippen LogP contribution in [0.1, 0.15) is 39.5 Å². The molecule has 0 saturated carbocycles. The number of nitrogens with one attached hydrogen (secondary N) is 1. The molecule has 2 N–H and O–H groups in total. The molecular formula is C12H23NO3. The summed E-state index contributed by atoms with van der Waals surface area (Å²) < 4.78 is 5.21. The molecule has 0 aromatic heterocycles. The van der Waals surface area contributed by atoms with Gasteiger partial charge in [-0.25, -0.2) is 0 Å². The topological polar surface area (TPSA) is 58.6 Å². The number of amides is 1. The molecule has 0 radical (unpaired) electrons. The predicted molar refractivity (Wildman–Crippen MR) is 62.1 cm³/mol. The molecule has 4 nitrogen and oxygen atoms in total. The van der Waals surface area contributed by atoms with Gasteiger partial charge in [-0.15, -0.1) is 0 Å². The lowest BCUT2D eigenvalue weighted by Crippen LogP contribution is -2.44. The third-order valence-corrected chi connectivity index (χ3v) is 3.50. The molecule has 1 heterocycles. The zero-order valence-electron chi connectivity index (χ0n) is 10.3. The normalized spacial score (nSPS) is 18.4. The van der Waals surface area contributed by atoms with Gasteiger partial charge in [0.1, 0.15) is 0 Å². The number of hydrogen-bond acceptors (Lipinski definition) is 3.